The molecule has 11 aromatic rings. The minimum Gasteiger partial charge on any atom is -0.489 e. The minimum absolute atomic E-state index is 0.116. The highest BCUT2D eigenvalue weighted by molar-refractivity contribution is 6.39. The average molecular weight is 1070 g/mol. The van der Waals surface area contributed by atoms with Crippen molar-refractivity contribution in [3.05, 3.63) is 263 Å². The van der Waals surface area contributed by atoms with Crippen LogP contribution in [-0.2, 0) is 63.3 Å². The maximum atomic E-state index is 15.0. The molecule has 0 spiro atoms. The number of imide groups is 1. The van der Waals surface area contributed by atoms with E-state index in [1.807, 2.05) is 218 Å². The number of aromatic nitrogens is 2. The summed E-state index contributed by atoms with van der Waals surface area (Å²) in [7, 11) is 1.55. The van der Waals surface area contributed by atoms with E-state index in [-0.39, 0.29) is 26.4 Å². The van der Waals surface area contributed by atoms with Crippen LogP contribution in [0.2, 0.25) is 0 Å². The largest absolute Gasteiger partial charge is 0.489 e. The maximum Gasteiger partial charge on any atom is 0.262 e. The van der Waals surface area contributed by atoms with Crippen LogP contribution in [0.3, 0.4) is 0 Å². The molecule has 1 saturated heterocycles. The van der Waals surface area contributed by atoms with E-state index < -0.39 is 42.5 Å². The lowest BCUT2D eigenvalue weighted by Gasteiger charge is -2.47. The predicted molar refractivity (Wildman–Crippen MR) is 312 cm³/mol. The van der Waals surface area contributed by atoms with Crippen molar-refractivity contribution < 1.29 is 42.7 Å². The van der Waals surface area contributed by atoms with E-state index in [9.17, 15) is 9.59 Å². The van der Waals surface area contributed by atoms with Crippen molar-refractivity contribution in [1.29, 1.82) is 0 Å². The summed E-state index contributed by atoms with van der Waals surface area (Å²) in [6, 6.07) is 72.0. The normalized spacial score (nSPS) is 18.1. The first-order valence-corrected chi connectivity index (χ1v) is 27.4. The molecule has 0 saturated carbocycles. The van der Waals surface area contributed by atoms with Gasteiger partial charge in [-0.15, -0.1) is 0 Å². The van der Waals surface area contributed by atoms with Gasteiger partial charge in [0.05, 0.1) is 66.2 Å². The topological polar surface area (TPSA) is 123 Å². The summed E-state index contributed by atoms with van der Waals surface area (Å²) in [6.07, 6.45) is -4.17. The zero-order valence-corrected chi connectivity index (χ0v) is 44.7. The Kier molecular flexibility index (Phi) is 14.7. The van der Waals surface area contributed by atoms with Gasteiger partial charge in [0, 0.05) is 40.7 Å². The summed E-state index contributed by atoms with van der Waals surface area (Å²) in [5, 5.41) is 2.66. The van der Waals surface area contributed by atoms with Crippen LogP contribution in [0.15, 0.2) is 218 Å². The highest BCUT2D eigenvalue weighted by atomic mass is 16.6. The summed E-state index contributed by atoms with van der Waals surface area (Å²) in [4.78, 5) is 34.8. The van der Waals surface area contributed by atoms with Crippen LogP contribution in [0.25, 0.3) is 43.6 Å². The molecule has 13 rings (SSSR count). The molecule has 9 aromatic carbocycles. The van der Waals surface area contributed by atoms with Crippen LogP contribution in [0.1, 0.15) is 60.3 Å². The number of nitrogens with one attached hydrogen (secondary N) is 1. The Labute approximate surface area is 468 Å². The smallest absolute Gasteiger partial charge is 0.262 e. The number of ether oxygens (including phenoxy) is 7. The first kappa shape index (κ1) is 51.6. The van der Waals surface area contributed by atoms with Gasteiger partial charge in [-0.2, -0.15) is 0 Å². The lowest BCUT2D eigenvalue weighted by atomic mass is 9.95. The molecular formula is C69H59N3O9. The van der Waals surface area contributed by atoms with Crippen molar-refractivity contribution >= 4 is 55.4 Å². The van der Waals surface area contributed by atoms with Crippen LogP contribution >= 0.6 is 0 Å². The van der Waals surface area contributed by atoms with E-state index in [1.165, 1.54) is 4.90 Å². The molecule has 1 fully saturated rings. The molecule has 0 bridgehead atoms. The predicted octanol–water partition coefficient (Wildman–Crippen LogP) is 13.7. The molecule has 2 aliphatic heterocycles. The standard InChI is InChI=1S/C69H59N3O9/c1-71-67(73)60-58-53-34-32-51(76-39-46-22-10-3-11-23-46)36-55(53)70-62(58)63-59(61(60)68(71)74)54-35-33-52(77-40-47-24-12-4-13-25-47)37-56(54)72(63)69-66(80-43-50-30-18-7-19-31-50)65(79-42-49-28-16-6-17-29-49)64(78-41-48-26-14-5-15-27-48)57(81-69)44-75-38-45-20-8-2-9-21-45/h2-37,57,64-66,69-70H,38-44H2,1H3. The van der Waals surface area contributed by atoms with Gasteiger partial charge in [-0.05, 0) is 57.6 Å². The molecule has 1 N–H and O–H groups in total. The van der Waals surface area contributed by atoms with Crippen molar-refractivity contribution in [2.24, 2.45) is 0 Å². The molecule has 0 radical (unpaired) electrons. The molecular weight excluding hydrogens is 1010 g/mol. The number of rotatable bonds is 20. The maximum absolute atomic E-state index is 15.0. The number of H-pyrrole nitrogens is 1. The van der Waals surface area contributed by atoms with Gasteiger partial charge in [0.25, 0.3) is 11.8 Å². The second-order valence-electron chi connectivity index (χ2n) is 20.7. The molecule has 5 atom stereocenters. The number of aromatic amines is 1. The summed E-state index contributed by atoms with van der Waals surface area (Å²) < 4.78 is 51.4. The van der Waals surface area contributed by atoms with Crippen LogP contribution in [0, 0.1) is 0 Å². The van der Waals surface area contributed by atoms with Crippen molar-refractivity contribution in [2.45, 2.75) is 70.3 Å². The van der Waals surface area contributed by atoms with Crippen molar-refractivity contribution in [3.8, 4) is 11.5 Å². The van der Waals surface area contributed by atoms with Gasteiger partial charge < -0.3 is 42.7 Å². The summed E-state index contributed by atoms with van der Waals surface area (Å²) >= 11 is 0. The van der Waals surface area contributed by atoms with Gasteiger partial charge in [0.1, 0.15) is 49.1 Å². The van der Waals surface area contributed by atoms with E-state index in [4.69, 9.17) is 33.2 Å². The molecule has 2 aromatic heterocycles. The number of benzene rings is 9. The number of carbonyl (C=O) groups excluding carboxylic acids is 2. The third-order valence-corrected chi connectivity index (χ3v) is 15.4. The van der Waals surface area contributed by atoms with Gasteiger partial charge in [0.2, 0.25) is 0 Å². The SMILES string of the molecule is CN1C(=O)c2c(c3c4ccc(OCc5ccccc5)cc4n(C4OC(COCc5ccccc5)C(OCc5ccccc5)C(OCc5ccccc5)C4OCc4ccccc4)c3c3[nH]c4cc(OCc5ccccc5)ccc4c23)C1=O. The molecule has 81 heavy (non-hydrogen) atoms. The Balaban J connectivity index is 1.05. The van der Waals surface area contributed by atoms with Crippen molar-refractivity contribution in [2.75, 3.05) is 13.7 Å². The van der Waals surface area contributed by atoms with E-state index in [0.29, 0.717) is 75.2 Å². The fraction of sp³-hybridized carbons (Fsp3) is 0.188. The first-order chi connectivity index (χ1) is 39.9. The number of fused-ring (bicyclic) bond motifs is 10. The summed E-state index contributed by atoms with van der Waals surface area (Å²) in [5.74, 6) is 0.419. The molecule has 2 aliphatic rings. The molecule has 12 nitrogen and oxygen atoms in total. The van der Waals surface area contributed by atoms with Gasteiger partial charge in [-0.25, -0.2) is 0 Å². The summed E-state index contributed by atoms with van der Waals surface area (Å²) in [6.45, 7) is 1.78. The third-order valence-electron chi connectivity index (χ3n) is 15.4. The molecule has 2 amide bonds. The molecule has 0 aliphatic carbocycles. The quantitative estimate of drug-likeness (QED) is 0.0743. The Morgan fingerprint density at radius 3 is 1.41 bits per heavy atom. The van der Waals surface area contributed by atoms with E-state index in [0.717, 1.165) is 44.3 Å². The van der Waals surface area contributed by atoms with Gasteiger partial charge in [0.15, 0.2) is 6.23 Å². The molecule has 404 valence electrons. The Morgan fingerprint density at radius 1 is 0.457 bits per heavy atom. The highest BCUT2D eigenvalue weighted by Gasteiger charge is 2.51. The number of hydrogen-bond donors (Lipinski definition) is 1. The van der Waals surface area contributed by atoms with Crippen LogP contribution in [0.4, 0.5) is 0 Å². The van der Waals surface area contributed by atoms with Crippen LogP contribution < -0.4 is 9.47 Å². The van der Waals surface area contributed by atoms with Crippen LogP contribution in [0.5, 0.6) is 11.5 Å². The second kappa shape index (κ2) is 23.1. The lowest BCUT2D eigenvalue weighted by Crippen LogP contribution is -2.59. The number of carbonyl (C=O) groups is 2. The van der Waals surface area contributed by atoms with E-state index >= 15 is 0 Å². The Morgan fingerprint density at radius 2 is 0.889 bits per heavy atom. The Bertz CT molecular complexity index is 3990. The zero-order chi connectivity index (χ0) is 54.7. The Hall–Kier alpha value is -8.88. The minimum atomic E-state index is -0.997. The van der Waals surface area contributed by atoms with Gasteiger partial charge in [-0.1, -0.05) is 182 Å². The first-order valence-electron chi connectivity index (χ1n) is 27.4. The average Bonchev–Trinajstić information content (AvgIpc) is 2.87. The van der Waals surface area contributed by atoms with E-state index in [2.05, 4.69) is 9.55 Å². The zero-order valence-electron chi connectivity index (χ0n) is 44.7. The molecule has 4 heterocycles. The number of amides is 2. The lowest BCUT2D eigenvalue weighted by molar-refractivity contribution is -0.288. The van der Waals surface area contributed by atoms with Gasteiger partial charge >= 0.3 is 0 Å². The van der Waals surface area contributed by atoms with Crippen molar-refractivity contribution in [3.63, 3.8) is 0 Å². The number of nitrogens with zero attached hydrogens (tertiary/aromatic N) is 2. The highest BCUT2D eigenvalue weighted by Crippen LogP contribution is 2.49. The van der Waals surface area contributed by atoms with E-state index in [1.54, 1.807) is 7.05 Å². The van der Waals surface area contributed by atoms with Crippen molar-refractivity contribution in [1.82, 2.24) is 14.5 Å². The third kappa shape index (κ3) is 10.5. The van der Waals surface area contributed by atoms with Gasteiger partial charge in [-0.3, -0.25) is 14.5 Å². The second-order valence-corrected chi connectivity index (χ2v) is 20.7. The molecule has 12 heteroatoms. The fourth-order valence-electron chi connectivity index (χ4n) is 11.4. The number of hydrogen-bond acceptors (Lipinski definition) is 9. The molecule has 5 unspecified atom stereocenters. The fourth-order valence-corrected chi connectivity index (χ4v) is 11.4. The monoisotopic (exact) mass is 1070 g/mol. The summed E-state index contributed by atoms with van der Waals surface area (Å²) in [5.41, 5.74) is 9.20. The van der Waals surface area contributed by atoms with Crippen LogP contribution in [-0.4, -0.2) is 64.3 Å².